The average Bonchev–Trinajstić information content (AvgIpc) is 3.34. The van der Waals surface area contributed by atoms with Crippen LogP contribution in [-0.4, -0.2) is 28.0 Å². The Balaban J connectivity index is 1.65. The van der Waals surface area contributed by atoms with E-state index >= 15 is 0 Å². The van der Waals surface area contributed by atoms with E-state index in [1.165, 1.54) is 0 Å². The van der Waals surface area contributed by atoms with Crippen molar-refractivity contribution in [1.29, 1.82) is 0 Å². The minimum atomic E-state index is -0.310. The van der Waals surface area contributed by atoms with Gasteiger partial charge in [-0.15, -0.1) is 0 Å². The molecule has 1 N–H and O–H groups in total. The van der Waals surface area contributed by atoms with E-state index < -0.39 is 0 Å². The van der Waals surface area contributed by atoms with Crippen LogP contribution in [-0.2, 0) is 7.05 Å². The lowest BCUT2D eigenvalue weighted by Crippen LogP contribution is -2.14. The van der Waals surface area contributed by atoms with Crippen molar-refractivity contribution in [3.05, 3.63) is 72.2 Å². The number of hydrogen-bond acceptors (Lipinski definition) is 5. The van der Waals surface area contributed by atoms with Crippen LogP contribution in [0.2, 0.25) is 0 Å². The summed E-state index contributed by atoms with van der Waals surface area (Å²) in [4.78, 5) is 13.0. The zero-order valence-corrected chi connectivity index (χ0v) is 16.3. The molecule has 146 valence electrons. The van der Waals surface area contributed by atoms with Crippen LogP contribution < -0.4 is 10.1 Å². The summed E-state index contributed by atoms with van der Waals surface area (Å²) in [6.07, 6.45) is 3.69. The number of ether oxygens (including phenoxy) is 1. The quantitative estimate of drug-likeness (QED) is 0.551. The van der Waals surface area contributed by atoms with Crippen molar-refractivity contribution in [2.24, 2.45) is 7.05 Å². The molecule has 7 heteroatoms. The first-order valence-corrected chi connectivity index (χ1v) is 9.07. The highest BCUT2D eigenvalue weighted by Crippen LogP contribution is 2.32. The van der Waals surface area contributed by atoms with Crippen molar-refractivity contribution < 1.29 is 14.1 Å². The predicted molar refractivity (Wildman–Crippen MR) is 110 cm³/mol. The maximum absolute atomic E-state index is 13.0. The van der Waals surface area contributed by atoms with Crippen LogP contribution in [0.3, 0.4) is 0 Å². The molecule has 2 aromatic heterocycles. The first-order chi connectivity index (χ1) is 14.1. The van der Waals surface area contributed by atoms with E-state index in [2.05, 4.69) is 15.6 Å². The van der Waals surface area contributed by atoms with Gasteiger partial charge < -0.3 is 14.6 Å². The van der Waals surface area contributed by atoms with E-state index in [0.717, 1.165) is 16.7 Å². The van der Waals surface area contributed by atoms with Crippen LogP contribution in [0.1, 0.15) is 16.1 Å². The third-order valence-corrected chi connectivity index (χ3v) is 4.62. The molecule has 0 spiro atoms. The Bertz CT molecular complexity index is 1160. The zero-order valence-electron chi connectivity index (χ0n) is 16.3. The van der Waals surface area contributed by atoms with Gasteiger partial charge in [0, 0.05) is 24.4 Å². The van der Waals surface area contributed by atoms with Crippen molar-refractivity contribution in [3.8, 4) is 28.1 Å². The summed E-state index contributed by atoms with van der Waals surface area (Å²) >= 11 is 0. The second-order valence-electron chi connectivity index (χ2n) is 6.60. The number of rotatable bonds is 5. The van der Waals surface area contributed by atoms with Crippen LogP contribution in [0.25, 0.3) is 22.4 Å². The number of methoxy groups -OCH3 is 1. The number of anilines is 1. The molecular weight excluding hydrogens is 368 g/mol. The van der Waals surface area contributed by atoms with Gasteiger partial charge in [-0.25, -0.2) is 0 Å². The first kappa shape index (κ1) is 18.5. The van der Waals surface area contributed by atoms with Gasteiger partial charge in [-0.3, -0.25) is 9.48 Å². The monoisotopic (exact) mass is 388 g/mol. The minimum absolute atomic E-state index is 0.310. The Morgan fingerprint density at radius 1 is 1.10 bits per heavy atom. The molecule has 0 saturated carbocycles. The first-order valence-electron chi connectivity index (χ1n) is 9.07. The normalized spacial score (nSPS) is 10.7. The summed E-state index contributed by atoms with van der Waals surface area (Å²) < 4.78 is 12.5. The third-order valence-electron chi connectivity index (χ3n) is 4.62. The number of aromatic nitrogens is 3. The lowest BCUT2D eigenvalue weighted by atomic mass is 10.1. The fraction of sp³-hybridized carbons (Fsp3) is 0.136. The van der Waals surface area contributed by atoms with Gasteiger partial charge >= 0.3 is 0 Å². The second kappa shape index (κ2) is 7.63. The summed E-state index contributed by atoms with van der Waals surface area (Å²) in [7, 11) is 3.43. The van der Waals surface area contributed by atoms with Crippen molar-refractivity contribution in [1.82, 2.24) is 14.9 Å². The molecule has 4 rings (SSSR count). The lowest BCUT2D eigenvalue weighted by Gasteiger charge is -2.12. The standard InChI is InChI=1S/C22H20N4O3/c1-14-20(21(25-29-14)15-7-5-4-6-8-15)22(27)24-18-10-9-16(11-19(18)28-3)17-12-23-26(2)13-17/h4-13H,1-3H3,(H,24,27). The molecule has 0 aliphatic rings. The molecule has 7 nitrogen and oxygen atoms in total. The molecule has 0 saturated heterocycles. The maximum Gasteiger partial charge on any atom is 0.261 e. The number of nitrogens with zero attached hydrogens (tertiary/aromatic N) is 3. The number of carbonyl (C=O) groups excluding carboxylic acids is 1. The smallest absolute Gasteiger partial charge is 0.261 e. The van der Waals surface area contributed by atoms with Crippen LogP contribution in [0, 0.1) is 6.92 Å². The van der Waals surface area contributed by atoms with Gasteiger partial charge in [-0.1, -0.05) is 41.6 Å². The molecular formula is C22H20N4O3. The molecule has 29 heavy (non-hydrogen) atoms. The number of amides is 1. The summed E-state index contributed by atoms with van der Waals surface area (Å²) in [6, 6.07) is 15.0. The van der Waals surface area contributed by atoms with Crippen LogP contribution in [0.4, 0.5) is 5.69 Å². The molecule has 0 aliphatic carbocycles. The Hall–Kier alpha value is -3.87. The lowest BCUT2D eigenvalue weighted by molar-refractivity contribution is 0.102. The molecule has 1 amide bonds. The molecule has 0 atom stereocenters. The summed E-state index contributed by atoms with van der Waals surface area (Å²) in [6.45, 7) is 1.72. The van der Waals surface area contributed by atoms with Gasteiger partial charge in [0.2, 0.25) is 0 Å². The highest BCUT2D eigenvalue weighted by atomic mass is 16.5. The Morgan fingerprint density at radius 3 is 2.59 bits per heavy atom. The van der Waals surface area contributed by atoms with Crippen molar-refractivity contribution >= 4 is 11.6 Å². The van der Waals surface area contributed by atoms with E-state index in [1.54, 1.807) is 24.9 Å². The number of nitrogens with one attached hydrogen (secondary N) is 1. The van der Waals surface area contributed by atoms with Crippen molar-refractivity contribution in [3.63, 3.8) is 0 Å². The number of benzene rings is 2. The van der Waals surface area contributed by atoms with Crippen LogP contribution >= 0.6 is 0 Å². The molecule has 2 heterocycles. The average molecular weight is 388 g/mol. The molecule has 0 aliphatic heterocycles. The van der Waals surface area contributed by atoms with Gasteiger partial charge in [0.05, 0.1) is 19.0 Å². The largest absolute Gasteiger partial charge is 0.495 e. The predicted octanol–water partition coefficient (Wildman–Crippen LogP) is 4.31. The number of hydrogen-bond donors (Lipinski definition) is 1. The SMILES string of the molecule is COc1cc(-c2cnn(C)c2)ccc1NC(=O)c1c(-c2ccccc2)noc1C. The molecule has 2 aromatic carbocycles. The van der Waals surface area contributed by atoms with Gasteiger partial charge in [-0.2, -0.15) is 5.10 Å². The molecule has 0 bridgehead atoms. The van der Waals surface area contributed by atoms with Gasteiger partial charge in [0.1, 0.15) is 22.8 Å². The van der Waals surface area contributed by atoms with Crippen molar-refractivity contribution in [2.75, 3.05) is 12.4 Å². The van der Waals surface area contributed by atoms with E-state index in [-0.39, 0.29) is 5.91 Å². The summed E-state index contributed by atoms with van der Waals surface area (Å²) in [5.41, 5.74) is 4.18. The number of aryl methyl sites for hydroxylation is 2. The second-order valence-corrected chi connectivity index (χ2v) is 6.60. The van der Waals surface area contributed by atoms with Gasteiger partial charge in [0.25, 0.3) is 5.91 Å². The molecule has 0 unspecified atom stereocenters. The summed E-state index contributed by atoms with van der Waals surface area (Å²) in [5, 5.41) is 11.2. The topological polar surface area (TPSA) is 82.2 Å². The van der Waals surface area contributed by atoms with E-state index in [1.807, 2.05) is 61.8 Å². The van der Waals surface area contributed by atoms with E-state index in [9.17, 15) is 4.79 Å². The minimum Gasteiger partial charge on any atom is -0.495 e. The number of carbonyl (C=O) groups is 1. The fourth-order valence-corrected chi connectivity index (χ4v) is 3.16. The highest BCUT2D eigenvalue weighted by Gasteiger charge is 2.22. The molecule has 4 aromatic rings. The van der Waals surface area contributed by atoms with E-state index in [0.29, 0.717) is 28.5 Å². The fourth-order valence-electron chi connectivity index (χ4n) is 3.16. The molecule has 0 fully saturated rings. The van der Waals surface area contributed by atoms with Crippen molar-refractivity contribution in [2.45, 2.75) is 6.92 Å². The summed E-state index contributed by atoms with van der Waals surface area (Å²) in [5.74, 6) is 0.692. The Labute approximate surface area is 167 Å². The van der Waals surface area contributed by atoms with Gasteiger partial charge in [-0.05, 0) is 24.6 Å². The zero-order chi connectivity index (χ0) is 20.4. The Kier molecular flexibility index (Phi) is 4.87. The van der Waals surface area contributed by atoms with Gasteiger partial charge in [0.15, 0.2) is 0 Å². The third kappa shape index (κ3) is 3.62. The van der Waals surface area contributed by atoms with Crippen LogP contribution in [0.5, 0.6) is 5.75 Å². The van der Waals surface area contributed by atoms with Crippen LogP contribution in [0.15, 0.2) is 65.4 Å². The maximum atomic E-state index is 13.0. The highest BCUT2D eigenvalue weighted by molar-refractivity contribution is 6.09. The van der Waals surface area contributed by atoms with E-state index in [4.69, 9.17) is 9.26 Å². The molecule has 0 radical (unpaired) electrons. The Morgan fingerprint density at radius 2 is 1.90 bits per heavy atom.